The van der Waals surface area contributed by atoms with Crippen LogP contribution in [0.15, 0.2) is 54.6 Å². The van der Waals surface area contributed by atoms with Crippen LogP contribution in [-0.2, 0) is 17.7 Å². The molecule has 0 aromatic heterocycles. The van der Waals surface area contributed by atoms with Crippen molar-refractivity contribution >= 4 is 5.91 Å². The average Bonchev–Trinajstić information content (AvgIpc) is 2.68. The van der Waals surface area contributed by atoms with Gasteiger partial charge in [-0.05, 0) is 37.5 Å². The molecule has 138 valence electrons. The van der Waals surface area contributed by atoms with Gasteiger partial charge < -0.3 is 15.0 Å². The number of carbonyl (C=O) groups is 1. The predicted octanol–water partition coefficient (Wildman–Crippen LogP) is 1.85. The molecule has 4 heteroatoms. The topological polar surface area (TPSA) is 42.8 Å². The fourth-order valence-corrected chi connectivity index (χ4v) is 3.31. The van der Waals surface area contributed by atoms with Gasteiger partial charge in [-0.2, -0.15) is 0 Å². The molecule has 1 fully saturated rings. The van der Waals surface area contributed by atoms with Crippen molar-refractivity contribution in [1.29, 1.82) is 0 Å². The summed E-state index contributed by atoms with van der Waals surface area (Å²) in [6.07, 6.45) is 1.91. The molecule has 1 heterocycles. The molecule has 0 aliphatic carbocycles. The molecule has 1 aliphatic heterocycles. The second kappa shape index (κ2) is 9.51. The molecule has 2 aromatic rings. The van der Waals surface area contributed by atoms with Crippen molar-refractivity contribution < 1.29 is 14.4 Å². The number of benzene rings is 2. The second-order valence-corrected chi connectivity index (χ2v) is 7.13. The van der Waals surface area contributed by atoms with Crippen LogP contribution in [0.25, 0.3) is 0 Å². The van der Waals surface area contributed by atoms with Crippen LogP contribution in [0.1, 0.15) is 34.8 Å². The first-order chi connectivity index (χ1) is 12.7. The molecule has 1 aliphatic rings. The van der Waals surface area contributed by atoms with Crippen molar-refractivity contribution in [3.8, 4) is 0 Å². The number of aryl methyl sites for hydroxylation is 1. The van der Waals surface area contributed by atoms with E-state index >= 15 is 0 Å². The summed E-state index contributed by atoms with van der Waals surface area (Å²) in [6.45, 7) is 6.87. The molecule has 0 unspecified atom stereocenters. The van der Waals surface area contributed by atoms with Gasteiger partial charge in [-0.25, -0.2) is 0 Å². The van der Waals surface area contributed by atoms with Gasteiger partial charge in [0.05, 0.1) is 13.2 Å². The third-order valence-electron chi connectivity index (χ3n) is 4.96. The standard InChI is InChI=1S/C22H28N2O2/c1-18(7-8-19-5-3-2-4-6-19)23-22(25)21-11-9-20(10-12-21)17-24-13-15-26-16-14-24/h2-6,9-12,18H,7-8,13-17H2,1H3,(H,23,25)/p+1/t18-/m0/s1. The van der Waals surface area contributed by atoms with Crippen molar-refractivity contribution in [1.82, 2.24) is 5.32 Å². The largest absolute Gasteiger partial charge is 0.370 e. The van der Waals surface area contributed by atoms with Gasteiger partial charge in [0.2, 0.25) is 0 Å². The lowest BCUT2D eigenvalue weighted by molar-refractivity contribution is -0.921. The summed E-state index contributed by atoms with van der Waals surface area (Å²) in [7, 11) is 0. The Morgan fingerprint density at radius 3 is 2.42 bits per heavy atom. The van der Waals surface area contributed by atoms with Crippen molar-refractivity contribution in [3.63, 3.8) is 0 Å². The van der Waals surface area contributed by atoms with E-state index in [9.17, 15) is 4.79 Å². The van der Waals surface area contributed by atoms with E-state index in [1.165, 1.54) is 11.1 Å². The van der Waals surface area contributed by atoms with Crippen molar-refractivity contribution in [2.75, 3.05) is 26.3 Å². The van der Waals surface area contributed by atoms with Gasteiger partial charge in [0, 0.05) is 17.2 Å². The van der Waals surface area contributed by atoms with Gasteiger partial charge in [-0.3, -0.25) is 4.79 Å². The van der Waals surface area contributed by atoms with Crippen molar-refractivity contribution in [2.45, 2.75) is 32.4 Å². The highest BCUT2D eigenvalue weighted by molar-refractivity contribution is 5.94. The Balaban J connectivity index is 1.46. The quantitative estimate of drug-likeness (QED) is 0.798. The lowest BCUT2D eigenvalue weighted by Crippen LogP contribution is -3.12. The van der Waals surface area contributed by atoms with Crippen LogP contribution in [0.4, 0.5) is 0 Å². The molecule has 1 atom stereocenters. The van der Waals surface area contributed by atoms with Crippen LogP contribution in [0.3, 0.4) is 0 Å². The van der Waals surface area contributed by atoms with Crippen LogP contribution in [0, 0.1) is 0 Å². The monoisotopic (exact) mass is 353 g/mol. The van der Waals surface area contributed by atoms with E-state index < -0.39 is 0 Å². The number of carbonyl (C=O) groups excluding carboxylic acids is 1. The van der Waals surface area contributed by atoms with E-state index in [4.69, 9.17) is 4.74 Å². The zero-order chi connectivity index (χ0) is 18.2. The van der Waals surface area contributed by atoms with E-state index in [1.54, 1.807) is 4.90 Å². The van der Waals surface area contributed by atoms with Crippen LogP contribution in [0.5, 0.6) is 0 Å². The average molecular weight is 353 g/mol. The number of hydrogen-bond donors (Lipinski definition) is 2. The zero-order valence-electron chi connectivity index (χ0n) is 15.5. The molecule has 0 spiro atoms. The molecule has 1 amide bonds. The summed E-state index contributed by atoms with van der Waals surface area (Å²) in [5.41, 5.74) is 3.32. The molecule has 2 N–H and O–H groups in total. The van der Waals surface area contributed by atoms with E-state index in [2.05, 4.69) is 48.6 Å². The molecular weight excluding hydrogens is 324 g/mol. The Morgan fingerprint density at radius 1 is 1.04 bits per heavy atom. The minimum atomic E-state index is 0.0100. The number of amides is 1. The minimum absolute atomic E-state index is 0.0100. The first-order valence-electron chi connectivity index (χ1n) is 9.56. The Bertz CT molecular complexity index is 679. The molecule has 4 nitrogen and oxygen atoms in total. The number of rotatable bonds is 7. The van der Waals surface area contributed by atoms with E-state index in [0.717, 1.165) is 51.3 Å². The highest BCUT2D eigenvalue weighted by Gasteiger charge is 2.15. The maximum absolute atomic E-state index is 12.4. The third kappa shape index (κ3) is 5.68. The summed E-state index contributed by atoms with van der Waals surface area (Å²) in [4.78, 5) is 14.0. The van der Waals surface area contributed by atoms with E-state index in [0.29, 0.717) is 0 Å². The van der Waals surface area contributed by atoms with Gasteiger partial charge >= 0.3 is 0 Å². The minimum Gasteiger partial charge on any atom is -0.370 e. The number of morpholine rings is 1. The SMILES string of the molecule is C[C@@H](CCc1ccccc1)NC(=O)c1ccc(C[NH+]2CCOCC2)cc1. The Hall–Kier alpha value is -2.17. The fourth-order valence-electron chi connectivity index (χ4n) is 3.31. The van der Waals surface area contributed by atoms with Gasteiger partial charge in [-0.15, -0.1) is 0 Å². The van der Waals surface area contributed by atoms with Crippen LogP contribution >= 0.6 is 0 Å². The molecular formula is C22H29N2O2+. The summed E-state index contributed by atoms with van der Waals surface area (Å²) in [5.74, 6) is 0.0100. The number of nitrogens with one attached hydrogen (secondary N) is 2. The molecule has 0 saturated carbocycles. The molecule has 1 saturated heterocycles. The lowest BCUT2D eigenvalue weighted by Gasteiger charge is -2.23. The van der Waals surface area contributed by atoms with Gasteiger partial charge in [0.25, 0.3) is 5.91 Å². The molecule has 2 aromatic carbocycles. The zero-order valence-corrected chi connectivity index (χ0v) is 15.5. The maximum atomic E-state index is 12.4. The number of ether oxygens (including phenoxy) is 1. The Labute approximate surface area is 156 Å². The first-order valence-corrected chi connectivity index (χ1v) is 9.56. The number of quaternary nitrogens is 1. The Morgan fingerprint density at radius 2 is 1.73 bits per heavy atom. The summed E-state index contributed by atoms with van der Waals surface area (Å²) in [5, 5.41) is 3.11. The molecule has 0 bridgehead atoms. The van der Waals surface area contributed by atoms with Gasteiger partial charge in [-0.1, -0.05) is 42.5 Å². The summed E-state index contributed by atoms with van der Waals surface area (Å²) in [6, 6.07) is 18.6. The van der Waals surface area contributed by atoms with E-state index in [1.807, 2.05) is 18.2 Å². The smallest absolute Gasteiger partial charge is 0.251 e. The van der Waals surface area contributed by atoms with Crippen molar-refractivity contribution in [3.05, 3.63) is 71.3 Å². The normalized spacial score (nSPS) is 16.2. The Kier molecular flexibility index (Phi) is 6.81. The van der Waals surface area contributed by atoms with Crippen LogP contribution in [0.2, 0.25) is 0 Å². The first kappa shape index (κ1) is 18.6. The molecule has 3 rings (SSSR count). The third-order valence-corrected chi connectivity index (χ3v) is 4.96. The maximum Gasteiger partial charge on any atom is 0.251 e. The number of hydrogen-bond acceptors (Lipinski definition) is 2. The van der Waals surface area contributed by atoms with E-state index in [-0.39, 0.29) is 11.9 Å². The second-order valence-electron chi connectivity index (χ2n) is 7.13. The fraction of sp³-hybridized carbons (Fsp3) is 0.409. The highest BCUT2D eigenvalue weighted by Crippen LogP contribution is 2.07. The summed E-state index contributed by atoms with van der Waals surface area (Å²) >= 11 is 0. The summed E-state index contributed by atoms with van der Waals surface area (Å²) < 4.78 is 5.40. The predicted molar refractivity (Wildman–Crippen MR) is 103 cm³/mol. The van der Waals surface area contributed by atoms with Crippen LogP contribution in [-0.4, -0.2) is 38.3 Å². The van der Waals surface area contributed by atoms with Gasteiger partial charge in [0.1, 0.15) is 19.6 Å². The highest BCUT2D eigenvalue weighted by atomic mass is 16.5. The lowest BCUT2D eigenvalue weighted by atomic mass is 10.1. The van der Waals surface area contributed by atoms with Crippen LogP contribution < -0.4 is 10.2 Å². The van der Waals surface area contributed by atoms with Crippen molar-refractivity contribution in [2.24, 2.45) is 0 Å². The van der Waals surface area contributed by atoms with Gasteiger partial charge in [0.15, 0.2) is 0 Å². The molecule has 26 heavy (non-hydrogen) atoms. The molecule has 0 radical (unpaired) electrons.